The zero-order valence-corrected chi connectivity index (χ0v) is 14.5. The SMILES string of the molecule is O=C(OCC1CCCCC1)c1cc(OCC2CCCCC2)ccn1. The van der Waals surface area contributed by atoms with Gasteiger partial charge < -0.3 is 9.47 Å². The maximum absolute atomic E-state index is 12.2. The largest absolute Gasteiger partial charge is 0.493 e. The second-order valence-electron chi connectivity index (χ2n) is 7.29. The Kier molecular flexibility index (Phi) is 6.50. The quantitative estimate of drug-likeness (QED) is 0.704. The van der Waals surface area contributed by atoms with Gasteiger partial charge in [-0.1, -0.05) is 38.5 Å². The van der Waals surface area contributed by atoms with Crippen molar-refractivity contribution in [3.63, 3.8) is 0 Å². The molecule has 1 aromatic rings. The highest BCUT2D eigenvalue weighted by Crippen LogP contribution is 2.25. The minimum Gasteiger partial charge on any atom is -0.493 e. The lowest BCUT2D eigenvalue weighted by atomic mass is 9.90. The molecule has 0 amide bonds. The van der Waals surface area contributed by atoms with Gasteiger partial charge in [-0.2, -0.15) is 0 Å². The maximum atomic E-state index is 12.2. The third kappa shape index (κ3) is 5.22. The Labute approximate surface area is 145 Å². The van der Waals surface area contributed by atoms with Crippen molar-refractivity contribution in [1.82, 2.24) is 4.98 Å². The first kappa shape index (κ1) is 17.2. The highest BCUT2D eigenvalue weighted by atomic mass is 16.5. The molecule has 1 heterocycles. The molecule has 132 valence electrons. The Bertz CT molecular complexity index is 519. The molecule has 0 atom stereocenters. The van der Waals surface area contributed by atoms with Crippen LogP contribution < -0.4 is 4.74 Å². The Hall–Kier alpha value is -1.58. The minimum atomic E-state index is -0.330. The third-order valence-electron chi connectivity index (χ3n) is 5.33. The summed E-state index contributed by atoms with van der Waals surface area (Å²) in [6.07, 6.45) is 14.3. The molecule has 3 rings (SSSR count). The van der Waals surface area contributed by atoms with E-state index in [0.29, 0.717) is 24.1 Å². The molecular formula is C20H29NO3. The van der Waals surface area contributed by atoms with Crippen LogP contribution in [0.25, 0.3) is 0 Å². The average molecular weight is 331 g/mol. The average Bonchev–Trinajstić information content (AvgIpc) is 2.66. The molecule has 4 nitrogen and oxygen atoms in total. The van der Waals surface area contributed by atoms with Crippen LogP contribution in [-0.2, 0) is 4.74 Å². The summed E-state index contributed by atoms with van der Waals surface area (Å²) in [5.74, 6) is 1.56. The number of pyridine rings is 1. The molecule has 0 radical (unpaired) electrons. The summed E-state index contributed by atoms with van der Waals surface area (Å²) in [5.41, 5.74) is 0.354. The maximum Gasteiger partial charge on any atom is 0.357 e. The van der Waals surface area contributed by atoms with Gasteiger partial charge in [-0.25, -0.2) is 9.78 Å². The monoisotopic (exact) mass is 331 g/mol. The molecule has 24 heavy (non-hydrogen) atoms. The van der Waals surface area contributed by atoms with Crippen molar-refractivity contribution in [2.45, 2.75) is 64.2 Å². The van der Waals surface area contributed by atoms with E-state index in [1.165, 1.54) is 64.2 Å². The van der Waals surface area contributed by atoms with Gasteiger partial charge in [0.1, 0.15) is 5.75 Å². The molecule has 4 heteroatoms. The molecule has 0 bridgehead atoms. The van der Waals surface area contributed by atoms with Gasteiger partial charge in [0.25, 0.3) is 0 Å². The molecule has 1 aromatic heterocycles. The fraction of sp³-hybridized carbons (Fsp3) is 0.700. The first-order valence-electron chi connectivity index (χ1n) is 9.57. The van der Waals surface area contributed by atoms with Crippen molar-refractivity contribution in [3.05, 3.63) is 24.0 Å². The van der Waals surface area contributed by atoms with Crippen LogP contribution in [0, 0.1) is 11.8 Å². The first-order chi connectivity index (χ1) is 11.8. The van der Waals surface area contributed by atoms with Crippen LogP contribution in [0.1, 0.15) is 74.7 Å². The van der Waals surface area contributed by atoms with E-state index in [4.69, 9.17) is 9.47 Å². The second-order valence-corrected chi connectivity index (χ2v) is 7.29. The van der Waals surface area contributed by atoms with Crippen LogP contribution in [0.3, 0.4) is 0 Å². The molecular weight excluding hydrogens is 302 g/mol. The summed E-state index contributed by atoms with van der Waals surface area (Å²) in [5, 5.41) is 0. The lowest BCUT2D eigenvalue weighted by Gasteiger charge is -2.22. The predicted molar refractivity (Wildman–Crippen MR) is 93.2 cm³/mol. The van der Waals surface area contributed by atoms with Gasteiger partial charge in [0.2, 0.25) is 0 Å². The van der Waals surface area contributed by atoms with Crippen molar-refractivity contribution in [2.75, 3.05) is 13.2 Å². The number of carbonyl (C=O) groups is 1. The summed E-state index contributed by atoms with van der Waals surface area (Å²) < 4.78 is 11.3. The van der Waals surface area contributed by atoms with Gasteiger partial charge in [0.15, 0.2) is 5.69 Å². The molecule has 2 saturated carbocycles. The Morgan fingerprint density at radius 3 is 2.25 bits per heavy atom. The van der Waals surface area contributed by atoms with E-state index in [-0.39, 0.29) is 5.97 Å². The molecule has 0 spiro atoms. The van der Waals surface area contributed by atoms with Gasteiger partial charge in [0.05, 0.1) is 13.2 Å². The van der Waals surface area contributed by atoms with Crippen molar-refractivity contribution in [1.29, 1.82) is 0 Å². The van der Waals surface area contributed by atoms with Gasteiger partial charge in [-0.15, -0.1) is 0 Å². The van der Waals surface area contributed by atoms with Crippen LogP contribution >= 0.6 is 0 Å². The normalized spacial score (nSPS) is 19.8. The molecule has 0 unspecified atom stereocenters. The highest BCUT2D eigenvalue weighted by Gasteiger charge is 2.18. The van der Waals surface area contributed by atoms with E-state index in [9.17, 15) is 4.79 Å². The van der Waals surface area contributed by atoms with Gasteiger partial charge in [0, 0.05) is 12.3 Å². The Morgan fingerprint density at radius 1 is 0.958 bits per heavy atom. The Morgan fingerprint density at radius 2 is 1.58 bits per heavy atom. The molecule has 2 aliphatic rings. The van der Waals surface area contributed by atoms with Gasteiger partial charge in [-0.05, 0) is 43.6 Å². The third-order valence-corrected chi connectivity index (χ3v) is 5.33. The standard InChI is InChI=1S/C20H29NO3/c22-20(24-15-17-9-5-2-6-10-17)19-13-18(11-12-21-19)23-14-16-7-3-1-4-8-16/h11-13,16-17H,1-10,14-15H2. The van der Waals surface area contributed by atoms with Crippen molar-refractivity contribution in [3.8, 4) is 5.75 Å². The first-order valence-corrected chi connectivity index (χ1v) is 9.57. The predicted octanol–water partition coefficient (Wildman–Crippen LogP) is 4.78. The molecule has 2 fully saturated rings. The lowest BCUT2D eigenvalue weighted by Crippen LogP contribution is -2.18. The number of hydrogen-bond donors (Lipinski definition) is 0. The summed E-state index contributed by atoms with van der Waals surface area (Å²) >= 11 is 0. The molecule has 0 aromatic carbocycles. The van der Waals surface area contributed by atoms with Crippen LogP contribution in [-0.4, -0.2) is 24.2 Å². The fourth-order valence-electron chi connectivity index (χ4n) is 3.80. The molecule has 0 N–H and O–H groups in total. The highest BCUT2D eigenvalue weighted by molar-refractivity contribution is 5.87. The molecule has 0 saturated heterocycles. The summed E-state index contributed by atoms with van der Waals surface area (Å²) in [4.78, 5) is 16.3. The summed E-state index contributed by atoms with van der Waals surface area (Å²) in [6.45, 7) is 1.26. The zero-order valence-electron chi connectivity index (χ0n) is 14.5. The van der Waals surface area contributed by atoms with E-state index in [2.05, 4.69) is 4.98 Å². The fourth-order valence-corrected chi connectivity index (χ4v) is 3.80. The number of nitrogens with zero attached hydrogens (tertiary/aromatic N) is 1. The van der Waals surface area contributed by atoms with Crippen LogP contribution in [0.5, 0.6) is 5.75 Å². The van der Waals surface area contributed by atoms with E-state index in [1.54, 1.807) is 12.3 Å². The van der Waals surface area contributed by atoms with Gasteiger partial charge >= 0.3 is 5.97 Å². The lowest BCUT2D eigenvalue weighted by molar-refractivity contribution is 0.0403. The zero-order chi connectivity index (χ0) is 16.6. The number of hydrogen-bond acceptors (Lipinski definition) is 4. The van der Waals surface area contributed by atoms with Crippen LogP contribution in [0.15, 0.2) is 18.3 Å². The molecule has 0 aliphatic heterocycles. The van der Waals surface area contributed by atoms with E-state index >= 15 is 0 Å². The number of rotatable bonds is 6. The second kappa shape index (κ2) is 9.05. The number of ether oxygens (including phenoxy) is 2. The topological polar surface area (TPSA) is 48.4 Å². The van der Waals surface area contributed by atoms with E-state index in [0.717, 1.165) is 12.4 Å². The number of esters is 1. The smallest absolute Gasteiger partial charge is 0.357 e. The minimum absolute atomic E-state index is 0.330. The van der Waals surface area contributed by atoms with Crippen molar-refractivity contribution < 1.29 is 14.3 Å². The van der Waals surface area contributed by atoms with Crippen LogP contribution in [0.4, 0.5) is 0 Å². The summed E-state index contributed by atoms with van der Waals surface area (Å²) in [7, 11) is 0. The van der Waals surface area contributed by atoms with Crippen LogP contribution in [0.2, 0.25) is 0 Å². The number of aromatic nitrogens is 1. The molecule has 2 aliphatic carbocycles. The van der Waals surface area contributed by atoms with E-state index in [1.807, 2.05) is 6.07 Å². The van der Waals surface area contributed by atoms with Crippen molar-refractivity contribution >= 4 is 5.97 Å². The number of carbonyl (C=O) groups excluding carboxylic acids is 1. The van der Waals surface area contributed by atoms with Crippen molar-refractivity contribution in [2.24, 2.45) is 11.8 Å². The van der Waals surface area contributed by atoms with Gasteiger partial charge in [-0.3, -0.25) is 0 Å². The Balaban J connectivity index is 1.47. The van der Waals surface area contributed by atoms with E-state index < -0.39 is 0 Å². The summed E-state index contributed by atoms with van der Waals surface area (Å²) in [6, 6.07) is 3.53.